The van der Waals surface area contributed by atoms with Gasteiger partial charge in [0, 0.05) is 38.1 Å². The number of amides is 2. The minimum atomic E-state index is 0. The number of hydrogen-bond acceptors (Lipinski definition) is 3. The molecular weight excluding hydrogens is 350 g/mol. The molecule has 0 aromatic rings. The molecule has 26 heavy (non-hydrogen) atoms. The highest BCUT2D eigenvalue weighted by Gasteiger charge is 2.51. The van der Waals surface area contributed by atoms with E-state index in [0.29, 0.717) is 30.2 Å². The lowest BCUT2D eigenvalue weighted by molar-refractivity contribution is -0.153. The molecule has 6 fully saturated rings. The van der Waals surface area contributed by atoms with Gasteiger partial charge in [0.05, 0.1) is 6.54 Å². The lowest BCUT2D eigenvalue weighted by Crippen LogP contribution is -2.59. The first-order valence-electron chi connectivity index (χ1n) is 10.5. The Morgan fingerprint density at radius 1 is 1.00 bits per heavy atom. The van der Waals surface area contributed by atoms with E-state index in [0.717, 1.165) is 50.9 Å². The van der Waals surface area contributed by atoms with Crippen LogP contribution in [0.25, 0.3) is 0 Å². The lowest BCUT2D eigenvalue weighted by atomic mass is 9.51. The Bertz CT molecular complexity index is 541. The summed E-state index contributed by atoms with van der Waals surface area (Å²) in [6.07, 6.45) is 8.74. The molecule has 4 bridgehead atoms. The highest BCUT2D eigenvalue weighted by atomic mass is 35.5. The zero-order valence-corrected chi connectivity index (χ0v) is 16.4. The van der Waals surface area contributed by atoms with Crippen molar-refractivity contribution < 1.29 is 9.59 Å². The monoisotopic (exact) mass is 381 g/mol. The molecule has 1 unspecified atom stereocenters. The van der Waals surface area contributed by atoms with Crippen LogP contribution in [0.4, 0.5) is 0 Å². The number of likely N-dealkylation sites (tertiary alicyclic amines) is 1. The van der Waals surface area contributed by atoms with Gasteiger partial charge in [-0.25, -0.2) is 0 Å². The molecule has 4 saturated carbocycles. The van der Waals surface area contributed by atoms with E-state index in [1.807, 2.05) is 4.90 Å². The molecule has 2 amide bonds. The summed E-state index contributed by atoms with van der Waals surface area (Å²) < 4.78 is 0. The Hall–Kier alpha value is -0.810. The van der Waals surface area contributed by atoms with Crippen LogP contribution in [0.1, 0.15) is 44.9 Å². The Labute approximate surface area is 162 Å². The van der Waals surface area contributed by atoms with Crippen LogP contribution in [0.5, 0.6) is 0 Å². The standard InChI is InChI=1S/C20H31N3O2.ClH/c24-18-11-21-3-5-23(18)17-2-1-4-22(12-17)20(25)19-15-7-13-6-14(9-15)10-16(19)8-13;/h13-17,19,21H,1-12H2;1H. The van der Waals surface area contributed by atoms with Crippen LogP contribution in [0.2, 0.25) is 0 Å². The minimum absolute atomic E-state index is 0. The van der Waals surface area contributed by atoms with Gasteiger partial charge in [-0.15, -0.1) is 12.4 Å². The lowest BCUT2D eigenvalue weighted by Gasteiger charge is -2.55. The molecule has 6 rings (SSSR count). The van der Waals surface area contributed by atoms with Gasteiger partial charge in [0.25, 0.3) is 0 Å². The molecule has 146 valence electrons. The van der Waals surface area contributed by atoms with Gasteiger partial charge in [0.15, 0.2) is 0 Å². The van der Waals surface area contributed by atoms with Crippen LogP contribution in [-0.4, -0.2) is 60.4 Å². The topological polar surface area (TPSA) is 52.7 Å². The summed E-state index contributed by atoms with van der Waals surface area (Å²) in [6, 6.07) is 0.240. The molecule has 0 aromatic carbocycles. The zero-order valence-electron chi connectivity index (χ0n) is 15.6. The van der Waals surface area contributed by atoms with Crippen LogP contribution < -0.4 is 5.32 Å². The Morgan fingerprint density at radius 2 is 1.69 bits per heavy atom. The van der Waals surface area contributed by atoms with Gasteiger partial charge in [-0.3, -0.25) is 9.59 Å². The summed E-state index contributed by atoms with van der Waals surface area (Å²) in [7, 11) is 0. The van der Waals surface area contributed by atoms with Crippen LogP contribution in [0, 0.1) is 29.6 Å². The van der Waals surface area contributed by atoms with Crippen molar-refractivity contribution in [3.8, 4) is 0 Å². The van der Waals surface area contributed by atoms with Crippen molar-refractivity contribution >= 4 is 24.2 Å². The zero-order chi connectivity index (χ0) is 17.0. The number of rotatable bonds is 2. The molecule has 6 aliphatic rings. The van der Waals surface area contributed by atoms with E-state index >= 15 is 0 Å². The molecular formula is C20H32ClN3O2. The fourth-order valence-corrected chi connectivity index (χ4v) is 6.96. The van der Waals surface area contributed by atoms with Gasteiger partial charge in [-0.2, -0.15) is 0 Å². The molecule has 5 nitrogen and oxygen atoms in total. The fraction of sp³-hybridized carbons (Fsp3) is 0.900. The maximum Gasteiger partial charge on any atom is 0.236 e. The van der Waals surface area contributed by atoms with Crippen molar-refractivity contribution in [2.75, 3.05) is 32.7 Å². The van der Waals surface area contributed by atoms with E-state index in [2.05, 4.69) is 10.2 Å². The summed E-state index contributed by atoms with van der Waals surface area (Å²) in [4.78, 5) is 29.8. The number of halogens is 1. The normalized spacial score (nSPS) is 41.9. The van der Waals surface area contributed by atoms with Crippen LogP contribution in [0.3, 0.4) is 0 Å². The predicted octanol–water partition coefficient (Wildman–Crippen LogP) is 1.90. The van der Waals surface area contributed by atoms with Gasteiger partial charge >= 0.3 is 0 Å². The highest BCUT2D eigenvalue weighted by molar-refractivity contribution is 5.85. The second-order valence-corrected chi connectivity index (χ2v) is 9.30. The number of hydrogen-bond donors (Lipinski definition) is 1. The number of carbonyl (C=O) groups excluding carboxylic acids is 2. The first-order valence-corrected chi connectivity index (χ1v) is 10.5. The Kier molecular flexibility index (Phi) is 5.21. The van der Waals surface area contributed by atoms with Gasteiger partial charge in [-0.05, 0) is 68.6 Å². The third-order valence-electron chi connectivity index (χ3n) is 7.79. The van der Waals surface area contributed by atoms with Crippen molar-refractivity contribution in [1.29, 1.82) is 0 Å². The molecule has 0 aromatic heterocycles. The van der Waals surface area contributed by atoms with E-state index in [1.165, 1.54) is 32.1 Å². The summed E-state index contributed by atoms with van der Waals surface area (Å²) in [5.41, 5.74) is 0. The van der Waals surface area contributed by atoms with Crippen molar-refractivity contribution in [1.82, 2.24) is 15.1 Å². The van der Waals surface area contributed by atoms with Gasteiger partial charge in [0.1, 0.15) is 0 Å². The van der Waals surface area contributed by atoms with Crippen LogP contribution >= 0.6 is 12.4 Å². The predicted molar refractivity (Wildman–Crippen MR) is 102 cm³/mol. The van der Waals surface area contributed by atoms with Crippen LogP contribution in [-0.2, 0) is 9.59 Å². The second kappa shape index (κ2) is 7.31. The van der Waals surface area contributed by atoms with Gasteiger partial charge < -0.3 is 15.1 Å². The summed E-state index contributed by atoms with van der Waals surface area (Å²) in [6.45, 7) is 3.81. The quantitative estimate of drug-likeness (QED) is 0.794. The summed E-state index contributed by atoms with van der Waals surface area (Å²) in [5.74, 6) is 4.08. The number of piperazine rings is 1. The molecule has 0 radical (unpaired) electrons. The van der Waals surface area contributed by atoms with E-state index in [1.54, 1.807) is 0 Å². The highest BCUT2D eigenvalue weighted by Crippen LogP contribution is 2.56. The number of nitrogens with one attached hydrogen (secondary N) is 1. The fourth-order valence-electron chi connectivity index (χ4n) is 6.96. The Balaban J connectivity index is 0.00000168. The average Bonchev–Trinajstić information content (AvgIpc) is 2.61. The molecule has 2 aliphatic heterocycles. The number of carbonyl (C=O) groups is 2. The SMILES string of the molecule is Cl.O=C(C1C2CC3CC(C2)CC1C3)N1CCCC(N2CCNCC2=O)C1. The van der Waals surface area contributed by atoms with E-state index in [-0.39, 0.29) is 24.4 Å². The number of piperidine rings is 1. The third kappa shape index (κ3) is 3.15. The maximum absolute atomic E-state index is 13.4. The minimum Gasteiger partial charge on any atom is -0.340 e. The molecule has 1 N–H and O–H groups in total. The molecule has 1 atom stereocenters. The molecule has 6 heteroatoms. The molecule has 2 saturated heterocycles. The van der Waals surface area contributed by atoms with Crippen molar-refractivity contribution in [3.63, 3.8) is 0 Å². The Morgan fingerprint density at radius 3 is 2.35 bits per heavy atom. The van der Waals surface area contributed by atoms with E-state index in [9.17, 15) is 9.59 Å². The van der Waals surface area contributed by atoms with E-state index < -0.39 is 0 Å². The maximum atomic E-state index is 13.4. The second-order valence-electron chi connectivity index (χ2n) is 9.30. The molecule has 2 heterocycles. The summed E-state index contributed by atoms with van der Waals surface area (Å²) >= 11 is 0. The van der Waals surface area contributed by atoms with Crippen molar-refractivity contribution in [2.45, 2.75) is 51.0 Å². The first kappa shape index (κ1) is 18.5. The van der Waals surface area contributed by atoms with Crippen molar-refractivity contribution in [2.24, 2.45) is 29.6 Å². The smallest absolute Gasteiger partial charge is 0.236 e. The largest absolute Gasteiger partial charge is 0.340 e. The van der Waals surface area contributed by atoms with E-state index in [4.69, 9.17) is 0 Å². The van der Waals surface area contributed by atoms with Crippen molar-refractivity contribution in [3.05, 3.63) is 0 Å². The molecule has 4 aliphatic carbocycles. The molecule has 0 spiro atoms. The van der Waals surface area contributed by atoms with Crippen LogP contribution in [0.15, 0.2) is 0 Å². The third-order valence-corrected chi connectivity index (χ3v) is 7.79. The van der Waals surface area contributed by atoms with Gasteiger partial charge in [0.2, 0.25) is 11.8 Å². The van der Waals surface area contributed by atoms with Gasteiger partial charge in [-0.1, -0.05) is 0 Å². The average molecular weight is 382 g/mol. The summed E-state index contributed by atoms with van der Waals surface area (Å²) in [5, 5.41) is 3.15. The number of nitrogens with zero attached hydrogens (tertiary/aromatic N) is 2. The first-order chi connectivity index (χ1) is 12.2.